The zero-order valence-electron chi connectivity index (χ0n) is 3.53. The van der Waals surface area contributed by atoms with Crippen LogP contribution in [0.3, 0.4) is 0 Å². The normalized spacial score (nSPS) is 8.00. The maximum Gasteiger partial charge on any atom is 0.147 e. The highest BCUT2D eigenvalue weighted by molar-refractivity contribution is 4.73. The van der Waals surface area contributed by atoms with Gasteiger partial charge < -0.3 is 0 Å². The molecule has 1 heterocycles. The van der Waals surface area contributed by atoms with Crippen molar-refractivity contribution in [3.8, 4) is 0 Å². The first-order chi connectivity index (χ1) is 3.50. The molecule has 0 spiro atoms. The molecule has 0 aromatic carbocycles. The largest absolute Gasteiger partial charge is 0.260 e. The lowest BCUT2D eigenvalue weighted by Crippen LogP contribution is -1.31. The van der Waals surface area contributed by atoms with Gasteiger partial charge in [0, 0.05) is 0 Å². The standard InChI is InChI=1S/C4H4O3/c1-2-4-6-7-5-3-1/h1-4H. The van der Waals surface area contributed by atoms with E-state index in [9.17, 15) is 0 Å². The third-order valence-corrected chi connectivity index (χ3v) is 0.458. The van der Waals surface area contributed by atoms with Crippen LogP contribution in [-0.2, 0) is 0 Å². The Hall–Kier alpha value is -1.12. The van der Waals surface area contributed by atoms with Crippen molar-refractivity contribution in [1.82, 2.24) is 0 Å². The molecule has 0 radical (unpaired) electrons. The van der Waals surface area contributed by atoms with Gasteiger partial charge in [0.15, 0.2) is 0 Å². The Morgan fingerprint density at radius 3 is 2.00 bits per heavy atom. The summed E-state index contributed by atoms with van der Waals surface area (Å²) in [4.78, 5) is 0. The maximum atomic E-state index is 4.23. The van der Waals surface area contributed by atoms with Crippen LogP contribution in [0, 0.1) is 0 Å². The summed E-state index contributed by atoms with van der Waals surface area (Å²) in [5.41, 5.74) is 0. The van der Waals surface area contributed by atoms with Crippen molar-refractivity contribution in [2.24, 2.45) is 0 Å². The van der Waals surface area contributed by atoms with Crippen molar-refractivity contribution in [2.75, 3.05) is 0 Å². The van der Waals surface area contributed by atoms with E-state index < -0.39 is 0 Å². The van der Waals surface area contributed by atoms with E-state index in [1.54, 1.807) is 12.1 Å². The molecule has 1 aromatic heterocycles. The second-order valence-electron chi connectivity index (χ2n) is 0.918. The zero-order chi connectivity index (χ0) is 4.95. The SMILES string of the molecule is c1ccoooc1. The van der Waals surface area contributed by atoms with Gasteiger partial charge in [0.2, 0.25) is 0 Å². The monoisotopic (exact) mass is 100 g/mol. The molecule has 0 N–H and O–H groups in total. The average molecular weight is 100 g/mol. The van der Waals surface area contributed by atoms with Crippen LogP contribution in [0.25, 0.3) is 0 Å². The number of rotatable bonds is 0. The molecular weight excluding hydrogens is 96.0 g/mol. The Morgan fingerprint density at radius 1 is 0.857 bits per heavy atom. The van der Waals surface area contributed by atoms with Crippen molar-refractivity contribution in [3.63, 3.8) is 0 Å². The molecule has 1 aromatic rings. The minimum atomic E-state index is 1.36. The summed E-state index contributed by atoms with van der Waals surface area (Å²) in [7, 11) is 0. The summed E-state index contributed by atoms with van der Waals surface area (Å²) in [6.07, 6.45) is 2.73. The highest BCUT2D eigenvalue weighted by Gasteiger charge is 1.60. The lowest BCUT2D eigenvalue weighted by atomic mass is 10.7. The first-order valence-electron chi connectivity index (χ1n) is 1.80. The fourth-order valence-electron chi connectivity index (χ4n) is 0.223. The predicted octanol–water partition coefficient (Wildman–Crippen LogP) is 1.59. The van der Waals surface area contributed by atoms with Gasteiger partial charge in [-0.15, -0.1) is 0 Å². The van der Waals surface area contributed by atoms with Crippen molar-refractivity contribution in [1.29, 1.82) is 0 Å². The topological polar surface area (TPSA) is 39.4 Å². The molecule has 0 aliphatic carbocycles. The molecule has 0 unspecified atom stereocenters. The first kappa shape index (κ1) is 4.05. The highest BCUT2D eigenvalue weighted by atomic mass is 17.2. The molecule has 0 fully saturated rings. The van der Waals surface area contributed by atoms with Gasteiger partial charge in [-0.25, -0.2) is 0 Å². The third kappa shape index (κ3) is 1.17. The Kier molecular flexibility index (Phi) is 1.23. The van der Waals surface area contributed by atoms with Crippen LogP contribution >= 0.6 is 0 Å². The van der Waals surface area contributed by atoms with E-state index in [-0.39, 0.29) is 0 Å². The van der Waals surface area contributed by atoms with E-state index >= 15 is 0 Å². The molecule has 0 aliphatic rings. The molecule has 3 heteroatoms. The predicted molar refractivity (Wildman–Crippen MR) is 20.9 cm³/mol. The van der Waals surface area contributed by atoms with E-state index in [1.807, 2.05) is 0 Å². The van der Waals surface area contributed by atoms with Crippen LogP contribution < -0.4 is 0 Å². The van der Waals surface area contributed by atoms with Gasteiger partial charge in [0.1, 0.15) is 12.5 Å². The molecule has 1 rings (SSSR count). The summed E-state index contributed by atoms with van der Waals surface area (Å²) in [5, 5.41) is 0. The molecule has 0 bridgehead atoms. The van der Waals surface area contributed by atoms with Gasteiger partial charge in [0.05, 0.1) is 0 Å². The van der Waals surface area contributed by atoms with Crippen LogP contribution in [0.5, 0.6) is 0 Å². The minimum Gasteiger partial charge on any atom is -0.260 e. The first-order valence-corrected chi connectivity index (χ1v) is 1.80. The van der Waals surface area contributed by atoms with Crippen molar-refractivity contribution >= 4 is 0 Å². The van der Waals surface area contributed by atoms with Crippen LogP contribution in [0.4, 0.5) is 0 Å². The molecule has 0 saturated carbocycles. The van der Waals surface area contributed by atoms with Gasteiger partial charge in [-0.1, -0.05) is 4.74 Å². The Morgan fingerprint density at radius 2 is 1.43 bits per heavy atom. The van der Waals surface area contributed by atoms with Crippen LogP contribution in [0.2, 0.25) is 0 Å². The van der Waals surface area contributed by atoms with Gasteiger partial charge in [-0.05, 0) is 12.1 Å². The molecule has 3 nitrogen and oxygen atoms in total. The second kappa shape index (κ2) is 2.12. The lowest BCUT2D eigenvalue weighted by molar-refractivity contribution is -0.177. The molecule has 0 amide bonds. The Bertz CT molecular complexity index is 94.9. The Labute approximate surface area is 39.7 Å². The quantitative estimate of drug-likeness (QED) is 0.464. The minimum absolute atomic E-state index is 1.36. The molecule has 38 valence electrons. The van der Waals surface area contributed by atoms with Crippen LogP contribution in [0.1, 0.15) is 0 Å². The van der Waals surface area contributed by atoms with E-state index in [0.29, 0.717) is 0 Å². The summed E-state index contributed by atoms with van der Waals surface area (Å²) in [6.45, 7) is 0. The zero-order valence-corrected chi connectivity index (χ0v) is 3.53. The van der Waals surface area contributed by atoms with Crippen LogP contribution in [0.15, 0.2) is 38.5 Å². The van der Waals surface area contributed by atoms with Gasteiger partial charge in [-0.2, -0.15) is 0 Å². The molecule has 0 aliphatic heterocycles. The summed E-state index contributed by atoms with van der Waals surface area (Å²) < 4.78 is 12.5. The van der Waals surface area contributed by atoms with E-state index in [1.165, 1.54) is 12.5 Å². The van der Waals surface area contributed by atoms with E-state index in [0.717, 1.165) is 0 Å². The average Bonchev–Trinajstić information content (AvgIpc) is 1.90. The summed E-state index contributed by atoms with van der Waals surface area (Å²) >= 11 is 0. The summed E-state index contributed by atoms with van der Waals surface area (Å²) in [5.74, 6) is 0. The third-order valence-electron chi connectivity index (χ3n) is 0.458. The molecule has 0 atom stereocenters. The molecule has 0 saturated heterocycles. The smallest absolute Gasteiger partial charge is 0.147 e. The van der Waals surface area contributed by atoms with E-state index in [4.69, 9.17) is 0 Å². The fourth-order valence-corrected chi connectivity index (χ4v) is 0.223. The second-order valence-corrected chi connectivity index (χ2v) is 0.918. The van der Waals surface area contributed by atoms with E-state index in [2.05, 4.69) is 13.9 Å². The summed E-state index contributed by atoms with van der Waals surface area (Å²) in [6, 6.07) is 3.29. The molecular formula is C4H4O3. The van der Waals surface area contributed by atoms with Crippen molar-refractivity contribution < 1.29 is 13.9 Å². The fraction of sp³-hybridized carbons (Fsp3) is 0. The Balaban J connectivity index is 3.06. The maximum absolute atomic E-state index is 4.23. The van der Waals surface area contributed by atoms with Gasteiger partial charge in [0.25, 0.3) is 0 Å². The number of hydrogen-bond donors (Lipinski definition) is 0. The lowest BCUT2D eigenvalue weighted by Gasteiger charge is -1.60. The van der Waals surface area contributed by atoms with Crippen LogP contribution in [-0.4, -0.2) is 0 Å². The van der Waals surface area contributed by atoms with Gasteiger partial charge >= 0.3 is 0 Å². The van der Waals surface area contributed by atoms with Crippen molar-refractivity contribution in [3.05, 3.63) is 24.7 Å². The van der Waals surface area contributed by atoms with Crippen molar-refractivity contribution in [2.45, 2.75) is 0 Å². The highest BCUT2D eigenvalue weighted by Crippen LogP contribution is 1.79. The van der Waals surface area contributed by atoms with Gasteiger partial charge in [-0.3, -0.25) is 9.15 Å². The number of hydrogen-bond acceptors (Lipinski definition) is 3. The molecule has 7 heavy (non-hydrogen) atoms.